The van der Waals surface area contributed by atoms with Crippen molar-refractivity contribution in [2.24, 2.45) is 5.73 Å². The van der Waals surface area contributed by atoms with Crippen LogP contribution in [0.4, 0.5) is 11.4 Å². The van der Waals surface area contributed by atoms with Gasteiger partial charge in [-0.25, -0.2) is 0 Å². The summed E-state index contributed by atoms with van der Waals surface area (Å²) in [5.41, 5.74) is 7.57. The van der Waals surface area contributed by atoms with E-state index in [1.54, 1.807) is 6.92 Å². The van der Waals surface area contributed by atoms with E-state index >= 15 is 0 Å². The Morgan fingerprint density at radius 2 is 1.74 bits per heavy atom. The van der Waals surface area contributed by atoms with Crippen molar-refractivity contribution in [1.29, 1.82) is 0 Å². The fourth-order valence-electron chi connectivity index (χ4n) is 2.34. The average Bonchev–Trinajstić information content (AvgIpc) is 2.68. The van der Waals surface area contributed by atoms with Crippen LogP contribution in [-0.4, -0.2) is 25.0 Å². The van der Waals surface area contributed by atoms with Crippen molar-refractivity contribution in [1.82, 2.24) is 0 Å². The lowest BCUT2D eigenvalue weighted by Crippen LogP contribution is -2.32. The van der Waals surface area contributed by atoms with E-state index < -0.39 is 6.04 Å². The summed E-state index contributed by atoms with van der Waals surface area (Å²) in [6.45, 7) is 3.94. The largest absolute Gasteiger partial charge is 0.372 e. The van der Waals surface area contributed by atoms with Crippen LogP contribution in [0.15, 0.2) is 24.3 Å². The molecular formula is C15H23N3O. The molecule has 1 atom stereocenters. The highest BCUT2D eigenvalue weighted by Crippen LogP contribution is 2.21. The second-order valence-corrected chi connectivity index (χ2v) is 5.23. The number of hydrogen-bond acceptors (Lipinski definition) is 3. The van der Waals surface area contributed by atoms with E-state index in [0.717, 1.165) is 18.8 Å². The van der Waals surface area contributed by atoms with E-state index in [9.17, 15) is 4.79 Å². The molecule has 104 valence electrons. The molecule has 1 heterocycles. The summed E-state index contributed by atoms with van der Waals surface area (Å²) in [7, 11) is 0. The molecule has 1 aromatic carbocycles. The molecule has 0 aromatic heterocycles. The number of nitrogens with zero attached hydrogens (tertiary/aromatic N) is 1. The number of amides is 1. The highest BCUT2D eigenvalue weighted by Gasteiger charge is 2.11. The lowest BCUT2D eigenvalue weighted by atomic mass is 10.2. The number of anilines is 2. The van der Waals surface area contributed by atoms with Crippen molar-refractivity contribution in [3.8, 4) is 0 Å². The van der Waals surface area contributed by atoms with Gasteiger partial charge in [-0.2, -0.15) is 0 Å². The molecule has 1 fully saturated rings. The van der Waals surface area contributed by atoms with Crippen molar-refractivity contribution in [3.05, 3.63) is 24.3 Å². The maximum absolute atomic E-state index is 11.5. The Morgan fingerprint density at radius 3 is 2.26 bits per heavy atom. The zero-order valence-corrected chi connectivity index (χ0v) is 11.6. The predicted molar refractivity (Wildman–Crippen MR) is 79.4 cm³/mol. The second kappa shape index (κ2) is 6.57. The summed E-state index contributed by atoms with van der Waals surface area (Å²) in [4.78, 5) is 13.9. The molecule has 0 aliphatic carbocycles. The van der Waals surface area contributed by atoms with Gasteiger partial charge < -0.3 is 16.0 Å². The summed E-state index contributed by atoms with van der Waals surface area (Å²) in [5.74, 6) is -0.150. The quantitative estimate of drug-likeness (QED) is 0.878. The molecule has 2 rings (SSSR count). The van der Waals surface area contributed by atoms with E-state index in [0.29, 0.717) is 0 Å². The van der Waals surface area contributed by atoms with Gasteiger partial charge in [0.2, 0.25) is 5.91 Å². The molecular weight excluding hydrogens is 238 g/mol. The molecule has 1 unspecified atom stereocenters. The zero-order valence-electron chi connectivity index (χ0n) is 11.6. The molecule has 3 N–H and O–H groups in total. The van der Waals surface area contributed by atoms with Gasteiger partial charge in [0.1, 0.15) is 0 Å². The van der Waals surface area contributed by atoms with Crippen LogP contribution in [0.3, 0.4) is 0 Å². The molecule has 19 heavy (non-hydrogen) atoms. The molecule has 0 saturated carbocycles. The van der Waals surface area contributed by atoms with Crippen molar-refractivity contribution in [2.75, 3.05) is 23.3 Å². The third kappa shape index (κ3) is 3.96. The molecule has 0 spiro atoms. The van der Waals surface area contributed by atoms with E-state index in [2.05, 4.69) is 22.3 Å². The van der Waals surface area contributed by atoms with Crippen LogP contribution in [-0.2, 0) is 4.79 Å². The Labute approximate surface area is 115 Å². The predicted octanol–water partition coefficient (Wildman–Crippen LogP) is 2.35. The van der Waals surface area contributed by atoms with Crippen LogP contribution in [0.5, 0.6) is 0 Å². The van der Waals surface area contributed by atoms with Crippen LogP contribution < -0.4 is 16.0 Å². The first-order chi connectivity index (χ1) is 9.16. The Balaban J connectivity index is 1.99. The average molecular weight is 261 g/mol. The Kier molecular flexibility index (Phi) is 4.80. The number of benzene rings is 1. The normalized spacial score (nSPS) is 17.7. The second-order valence-electron chi connectivity index (χ2n) is 5.23. The smallest absolute Gasteiger partial charge is 0.240 e. The Bertz CT molecular complexity index is 406. The standard InChI is InChI=1S/C15H23N3O/c1-12(16)15(19)17-13-6-8-14(9-7-13)18-10-4-2-3-5-11-18/h6-9,12H,2-5,10-11,16H2,1H3,(H,17,19). The van der Waals surface area contributed by atoms with E-state index in [4.69, 9.17) is 5.73 Å². The summed E-state index contributed by atoms with van der Waals surface area (Å²) in [6, 6.07) is 7.55. The fraction of sp³-hybridized carbons (Fsp3) is 0.533. The first-order valence-electron chi connectivity index (χ1n) is 7.08. The van der Waals surface area contributed by atoms with Crippen LogP contribution in [0, 0.1) is 0 Å². The molecule has 4 nitrogen and oxygen atoms in total. The molecule has 1 saturated heterocycles. The summed E-state index contributed by atoms with van der Waals surface area (Å²) < 4.78 is 0. The van der Waals surface area contributed by atoms with E-state index in [1.807, 2.05) is 12.1 Å². The van der Waals surface area contributed by atoms with E-state index in [1.165, 1.54) is 31.4 Å². The van der Waals surface area contributed by atoms with Crippen molar-refractivity contribution < 1.29 is 4.79 Å². The van der Waals surface area contributed by atoms with Crippen LogP contribution >= 0.6 is 0 Å². The highest BCUT2D eigenvalue weighted by molar-refractivity contribution is 5.94. The Hall–Kier alpha value is -1.55. The lowest BCUT2D eigenvalue weighted by molar-refractivity contribution is -0.117. The van der Waals surface area contributed by atoms with Gasteiger partial charge in [-0.05, 0) is 44.0 Å². The van der Waals surface area contributed by atoms with Gasteiger partial charge in [-0.1, -0.05) is 12.8 Å². The summed E-state index contributed by atoms with van der Waals surface area (Å²) in [5, 5.41) is 2.80. The number of nitrogens with one attached hydrogen (secondary N) is 1. The first kappa shape index (κ1) is 13.9. The maximum atomic E-state index is 11.5. The minimum atomic E-state index is -0.481. The van der Waals surface area contributed by atoms with Gasteiger partial charge in [0.05, 0.1) is 6.04 Å². The van der Waals surface area contributed by atoms with Gasteiger partial charge in [-0.15, -0.1) is 0 Å². The summed E-state index contributed by atoms with van der Waals surface area (Å²) in [6.07, 6.45) is 5.20. The lowest BCUT2D eigenvalue weighted by Gasteiger charge is -2.22. The van der Waals surface area contributed by atoms with Crippen molar-refractivity contribution >= 4 is 17.3 Å². The number of rotatable bonds is 3. The zero-order chi connectivity index (χ0) is 13.7. The monoisotopic (exact) mass is 261 g/mol. The third-order valence-electron chi connectivity index (χ3n) is 3.52. The number of hydrogen-bond donors (Lipinski definition) is 2. The van der Waals surface area contributed by atoms with Gasteiger partial charge in [0, 0.05) is 24.5 Å². The minimum Gasteiger partial charge on any atom is -0.372 e. The number of nitrogens with two attached hydrogens (primary N) is 1. The SMILES string of the molecule is CC(N)C(=O)Nc1ccc(N2CCCCCC2)cc1. The van der Waals surface area contributed by atoms with Gasteiger partial charge >= 0.3 is 0 Å². The molecule has 1 aliphatic rings. The molecule has 0 bridgehead atoms. The third-order valence-corrected chi connectivity index (χ3v) is 3.52. The molecule has 4 heteroatoms. The maximum Gasteiger partial charge on any atom is 0.240 e. The van der Waals surface area contributed by atoms with Crippen molar-refractivity contribution in [2.45, 2.75) is 38.6 Å². The van der Waals surface area contributed by atoms with Gasteiger partial charge in [0.15, 0.2) is 0 Å². The number of carbonyl (C=O) groups is 1. The highest BCUT2D eigenvalue weighted by atomic mass is 16.2. The van der Waals surface area contributed by atoms with Crippen LogP contribution in [0.2, 0.25) is 0 Å². The molecule has 1 aliphatic heterocycles. The molecule has 0 radical (unpaired) electrons. The fourth-order valence-corrected chi connectivity index (χ4v) is 2.34. The van der Waals surface area contributed by atoms with Crippen LogP contribution in [0.25, 0.3) is 0 Å². The van der Waals surface area contributed by atoms with Gasteiger partial charge in [-0.3, -0.25) is 4.79 Å². The topological polar surface area (TPSA) is 58.4 Å². The summed E-state index contributed by atoms with van der Waals surface area (Å²) >= 11 is 0. The van der Waals surface area contributed by atoms with E-state index in [-0.39, 0.29) is 5.91 Å². The first-order valence-corrected chi connectivity index (χ1v) is 7.08. The molecule has 1 aromatic rings. The van der Waals surface area contributed by atoms with Gasteiger partial charge in [0.25, 0.3) is 0 Å². The minimum absolute atomic E-state index is 0.150. The Morgan fingerprint density at radius 1 is 1.16 bits per heavy atom. The molecule has 1 amide bonds. The van der Waals surface area contributed by atoms with Crippen molar-refractivity contribution in [3.63, 3.8) is 0 Å². The number of carbonyl (C=O) groups excluding carboxylic acids is 1. The van der Waals surface area contributed by atoms with Crippen LogP contribution in [0.1, 0.15) is 32.6 Å².